The van der Waals surface area contributed by atoms with Crippen LogP contribution in [0.4, 0.5) is 0 Å². The van der Waals surface area contributed by atoms with Gasteiger partial charge < -0.3 is 4.57 Å². The monoisotopic (exact) mass is 354 g/mol. The first-order valence-electron chi connectivity index (χ1n) is 9.31. The van der Waals surface area contributed by atoms with E-state index in [9.17, 15) is 9.59 Å². The Balaban J connectivity index is 2.11. The second-order valence-electron chi connectivity index (χ2n) is 6.64. The molecule has 2 heterocycles. The lowest BCUT2D eigenvalue weighted by atomic mass is 10.1. The SMILES string of the molecule is CCCn1c(=O)c2c(nc(CCc3ccccc3)n2C)n(CCC)c1=O. The molecule has 3 aromatic rings. The minimum atomic E-state index is -0.251. The zero-order chi connectivity index (χ0) is 18.7. The molecule has 138 valence electrons. The summed E-state index contributed by atoms with van der Waals surface area (Å²) in [5.41, 5.74) is 1.78. The number of nitrogens with zero attached hydrogens (tertiary/aromatic N) is 4. The van der Waals surface area contributed by atoms with Gasteiger partial charge in [-0.25, -0.2) is 9.78 Å². The zero-order valence-electron chi connectivity index (χ0n) is 15.7. The Morgan fingerprint density at radius 2 is 1.58 bits per heavy atom. The summed E-state index contributed by atoms with van der Waals surface area (Å²) in [6.45, 7) is 4.98. The predicted molar refractivity (Wildman–Crippen MR) is 104 cm³/mol. The van der Waals surface area contributed by atoms with E-state index in [2.05, 4.69) is 17.1 Å². The number of imidazole rings is 1. The van der Waals surface area contributed by atoms with Crippen LogP contribution in [0, 0.1) is 0 Å². The van der Waals surface area contributed by atoms with Gasteiger partial charge in [-0.15, -0.1) is 0 Å². The largest absolute Gasteiger partial charge is 0.332 e. The van der Waals surface area contributed by atoms with Gasteiger partial charge in [-0.2, -0.15) is 0 Å². The average Bonchev–Trinajstić information content (AvgIpc) is 2.98. The molecule has 0 saturated heterocycles. The van der Waals surface area contributed by atoms with Crippen molar-refractivity contribution in [3.05, 3.63) is 62.6 Å². The minimum absolute atomic E-state index is 0.236. The lowest BCUT2D eigenvalue weighted by Crippen LogP contribution is -2.40. The van der Waals surface area contributed by atoms with Crippen LogP contribution < -0.4 is 11.2 Å². The quantitative estimate of drug-likeness (QED) is 0.655. The second kappa shape index (κ2) is 7.72. The Morgan fingerprint density at radius 1 is 0.923 bits per heavy atom. The average molecular weight is 354 g/mol. The van der Waals surface area contributed by atoms with Gasteiger partial charge in [-0.3, -0.25) is 13.9 Å². The summed E-state index contributed by atoms with van der Waals surface area (Å²) in [6, 6.07) is 10.2. The van der Waals surface area contributed by atoms with E-state index in [0.717, 1.165) is 31.5 Å². The van der Waals surface area contributed by atoms with Crippen LogP contribution in [0.2, 0.25) is 0 Å². The first-order chi connectivity index (χ1) is 12.6. The number of fused-ring (bicyclic) bond motifs is 1. The number of aromatic nitrogens is 4. The van der Waals surface area contributed by atoms with Crippen LogP contribution in [-0.2, 0) is 33.0 Å². The molecule has 0 spiro atoms. The molecule has 6 heteroatoms. The van der Waals surface area contributed by atoms with Gasteiger partial charge in [0.1, 0.15) is 5.82 Å². The highest BCUT2D eigenvalue weighted by atomic mass is 16.2. The lowest BCUT2D eigenvalue weighted by molar-refractivity contribution is 0.554. The number of aryl methyl sites for hydroxylation is 4. The van der Waals surface area contributed by atoms with Gasteiger partial charge in [0.2, 0.25) is 0 Å². The maximum atomic E-state index is 12.9. The molecule has 6 nitrogen and oxygen atoms in total. The van der Waals surface area contributed by atoms with Crippen LogP contribution in [0.5, 0.6) is 0 Å². The van der Waals surface area contributed by atoms with Gasteiger partial charge in [0, 0.05) is 26.6 Å². The zero-order valence-corrected chi connectivity index (χ0v) is 15.7. The molecule has 0 aliphatic rings. The summed E-state index contributed by atoms with van der Waals surface area (Å²) in [5, 5.41) is 0. The Kier molecular flexibility index (Phi) is 5.40. The van der Waals surface area contributed by atoms with Crippen molar-refractivity contribution in [2.75, 3.05) is 0 Å². The number of rotatable bonds is 7. The summed E-state index contributed by atoms with van der Waals surface area (Å²) in [7, 11) is 1.87. The molecule has 0 bridgehead atoms. The molecule has 1 aromatic carbocycles. The van der Waals surface area contributed by atoms with E-state index in [-0.39, 0.29) is 11.2 Å². The molecule has 0 amide bonds. The molecule has 0 aliphatic carbocycles. The van der Waals surface area contributed by atoms with E-state index in [1.54, 1.807) is 4.57 Å². The van der Waals surface area contributed by atoms with Crippen LogP contribution >= 0.6 is 0 Å². The van der Waals surface area contributed by atoms with Gasteiger partial charge in [-0.05, 0) is 24.8 Å². The molecular weight excluding hydrogens is 328 g/mol. The van der Waals surface area contributed by atoms with Crippen LogP contribution in [0.1, 0.15) is 38.1 Å². The van der Waals surface area contributed by atoms with E-state index in [1.165, 1.54) is 10.1 Å². The predicted octanol–water partition coefficient (Wildman–Crippen LogP) is 2.50. The number of hydrogen-bond acceptors (Lipinski definition) is 3. The lowest BCUT2D eigenvalue weighted by Gasteiger charge is -2.10. The molecule has 0 radical (unpaired) electrons. The topological polar surface area (TPSA) is 61.8 Å². The van der Waals surface area contributed by atoms with Crippen molar-refractivity contribution >= 4 is 11.2 Å². The first kappa shape index (κ1) is 18.2. The molecule has 26 heavy (non-hydrogen) atoms. The highest BCUT2D eigenvalue weighted by molar-refractivity contribution is 5.71. The molecule has 0 saturated carbocycles. The fourth-order valence-corrected chi connectivity index (χ4v) is 3.38. The molecule has 0 atom stereocenters. The van der Waals surface area contributed by atoms with Gasteiger partial charge in [0.25, 0.3) is 5.56 Å². The van der Waals surface area contributed by atoms with Crippen LogP contribution in [0.25, 0.3) is 11.2 Å². The number of hydrogen-bond donors (Lipinski definition) is 0. The third-order valence-electron chi connectivity index (χ3n) is 4.71. The fraction of sp³-hybridized carbons (Fsp3) is 0.450. The van der Waals surface area contributed by atoms with Crippen molar-refractivity contribution in [1.29, 1.82) is 0 Å². The van der Waals surface area contributed by atoms with Crippen molar-refractivity contribution in [3.63, 3.8) is 0 Å². The molecule has 0 aliphatic heterocycles. The molecule has 3 rings (SSSR count). The van der Waals surface area contributed by atoms with Crippen molar-refractivity contribution in [3.8, 4) is 0 Å². The summed E-state index contributed by atoms with van der Waals surface area (Å²) >= 11 is 0. The van der Waals surface area contributed by atoms with E-state index in [4.69, 9.17) is 0 Å². The minimum Gasteiger partial charge on any atom is -0.325 e. The molecule has 0 fully saturated rings. The van der Waals surface area contributed by atoms with E-state index in [0.29, 0.717) is 24.3 Å². The number of benzene rings is 1. The molecular formula is C20H26N4O2. The Hall–Kier alpha value is -2.63. The Morgan fingerprint density at radius 3 is 2.23 bits per heavy atom. The summed E-state index contributed by atoms with van der Waals surface area (Å²) in [5.74, 6) is 0.833. The summed E-state index contributed by atoms with van der Waals surface area (Å²) in [6.07, 6.45) is 3.13. The molecule has 2 aromatic heterocycles. The van der Waals surface area contributed by atoms with Crippen LogP contribution in [0.3, 0.4) is 0 Å². The molecule has 0 unspecified atom stereocenters. The fourth-order valence-electron chi connectivity index (χ4n) is 3.38. The normalized spacial score (nSPS) is 11.3. The standard InChI is InChI=1S/C20H26N4O2/c1-4-13-23-18-17(19(25)24(14-5-2)20(23)26)22(3)16(21-18)12-11-15-9-7-6-8-10-15/h6-10H,4-5,11-14H2,1-3H3. The maximum Gasteiger partial charge on any atom is 0.332 e. The third kappa shape index (κ3) is 3.23. The van der Waals surface area contributed by atoms with Crippen molar-refractivity contribution < 1.29 is 0 Å². The van der Waals surface area contributed by atoms with E-state index < -0.39 is 0 Å². The van der Waals surface area contributed by atoms with E-state index >= 15 is 0 Å². The van der Waals surface area contributed by atoms with Crippen molar-refractivity contribution in [2.45, 2.75) is 52.6 Å². The smallest absolute Gasteiger partial charge is 0.325 e. The summed E-state index contributed by atoms with van der Waals surface area (Å²) in [4.78, 5) is 30.3. The summed E-state index contributed by atoms with van der Waals surface area (Å²) < 4.78 is 4.86. The second-order valence-corrected chi connectivity index (χ2v) is 6.64. The molecule has 0 N–H and O–H groups in total. The van der Waals surface area contributed by atoms with Gasteiger partial charge in [0.05, 0.1) is 0 Å². The van der Waals surface area contributed by atoms with E-state index in [1.807, 2.05) is 43.7 Å². The maximum absolute atomic E-state index is 12.9. The third-order valence-corrected chi connectivity index (χ3v) is 4.71. The van der Waals surface area contributed by atoms with Crippen LogP contribution in [-0.4, -0.2) is 18.7 Å². The van der Waals surface area contributed by atoms with Crippen molar-refractivity contribution in [1.82, 2.24) is 18.7 Å². The Bertz CT molecular complexity index is 1010. The highest BCUT2D eigenvalue weighted by Crippen LogP contribution is 2.13. The Labute approximate surface area is 152 Å². The van der Waals surface area contributed by atoms with Gasteiger partial charge >= 0.3 is 5.69 Å². The van der Waals surface area contributed by atoms with Gasteiger partial charge in [0.15, 0.2) is 11.2 Å². The highest BCUT2D eigenvalue weighted by Gasteiger charge is 2.19. The first-order valence-corrected chi connectivity index (χ1v) is 9.31. The van der Waals surface area contributed by atoms with Crippen LogP contribution in [0.15, 0.2) is 39.9 Å². The van der Waals surface area contributed by atoms with Gasteiger partial charge in [-0.1, -0.05) is 44.2 Å². The van der Waals surface area contributed by atoms with Crippen molar-refractivity contribution in [2.24, 2.45) is 7.05 Å².